The number of rotatable bonds is 1. The fourth-order valence-corrected chi connectivity index (χ4v) is 1.48. The molecule has 0 aromatic heterocycles. The fraction of sp³-hybridized carbons (Fsp3) is 1.00. The molecular formula is C7H12F3NO. The molecule has 1 atom stereocenters. The van der Waals surface area contributed by atoms with Gasteiger partial charge in [-0.3, -0.25) is 0 Å². The Morgan fingerprint density at radius 3 is 2.50 bits per heavy atom. The second-order valence-electron chi connectivity index (χ2n) is 3.30. The van der Waals surface area contributed by atoms with Gasteiger partial charge in [0.05, 0.1) is 12.0 Å². The third kappa shape index (κ3) is 2.98. The molecule has 1 aliphatic heterocycles. The maximum absolute atomic E-state index is 11.9. The van der Waals surface area contributed by atoms with Crippen molar-refractivity contribution in [2.45, 2.75) is 31.0 Å². The first-order valence-electron chi connectivity index (χ1n) is 3.91. The summed E-state index contributed by atoms with van der Waals surface area (Å²) >= 11 is 0. The van der Waals surface area contributed by atoms with Crippen LogP contribution in [0.4, 0.5) is 13.2 Å². The summed E-state index contributed by atoms with van der Waals surface area (Å²) in [5.74, 6) is 0. The van der Waals surface area contributed by atoms with Crippen LogP contribution in [0, 0.1) is 0 Å². The van der Waals surface area contributed by atoms with E-state index < -0.39 is 18.2 Å². The van der Waals surface area contributed by atoms with Gasteiger partial charge < -0.3 is 10.4 Å². The van der Waals surface area contributed by atoms with Gasteiger partial charge in [-0.1, -0.05) is 0 Å². The summed E-state index contributed by atoms with van der Waals surface area (Å²) in [4.78, 5) is 0. The Labute approximate surface area is 68.8 Å². The van der Waals surface area contributed by atoms with Gasteiger partial charge in [0, 0.05) is 6.54 Å². The van der Waals surface area contributed by atoms with E-state index in [0.717, 1.165) is 0 Å². The smallest absolute Gasteiger partial charge is 0.388 e. The molecule has 1 unspecified atom stereocenters. The Morgan fingerprint density at radius 2 is 2.08 bits per heavy atom. The summed E-state index contributed by atoms with van der Waals surface area (Å²) in [6.07, 6.45) is -4.53. The van der Waals surface area contributed by atoms with Crippen LogP contribution >= 0.6 is 0 Å². The normalized spacial score (nSPS) is 32.0. The lowest BCUT2D eigenvalue weighted by atomic mass is 9.91. The van der Waals surface area contributed by atoms with E-state index in [1.165, 1.54) is 0 Å². The highest BCUT2D eigenvalue weighted by molar-refractivity contribution is 4.87. The number of halogens is 3. The summed E-state index contributed by atoms with van der Waals surface area (Å²) in [6.45, 7) is 0.743. The molecule has 2 nitrogen and oxygen atoms in total. The van der Waals surface area contributed by atoms with Crippen molar-refractivity contribution in [3.63, 3.8) is 0 Å². The molecule has 0 saturated carbocycles. The van der Waals surface area contributed by atoms with Crippen LogP contribution in [-0.4, -0.2) is 30.0 Å². The predicted molar refractivity (Wildman–Crippen MR) is 37.7 cm³/mol. The van der Waals surface area contributed by atoms with Crippen molar-refractivity contribution in [1.82, 2.24) is 5.32 Å². The summed E-state index contributed by atoms with van der Waals surface area (Å²) in [6, 6.07) is 0. The molecule has 0 bridgehead atoms. The Kier molecular flexibility index (Phi) is 2.63. The van der Waals surface area contributed by atoms with Crippen molar-refractivity contribution in [2.75, 3.05) is 13.1 Å². The average Bonchev–Trinajstić information content (AvgIpc) is 1.83. The lowest BCUT2D eigenvalue weighted by Crippen LogP contribution is -2.48. The molecule has 1 saturated heterocycles. The molecular weight excluding hydrogens is 171 g/mol. The lowest BCUT2D eigenvalue weighted by Gasteiger charge is -2.33. The third-order valence-corrected chi connectivity index (χ3v) is 1.98. The van der Waals surface area contributed by atoms with Crippen LogP contribution in [-0.2, 0) is 0 Å². The van der Waals surface area contributed by atoms with Crippen molar-refractivity contribution in [1.29, 1.82) is 0 Å². The largest absolute Gasteiger partial charge is 0.391 e. The molecule has 1 aliphatic rings. The van der Waals surface area contributed by atoms with Gasteiger partial charge in [0.15, 0.2) is 0 Å². The van der Waals surface area contributed by atoms with Crippen LogP contribution < -0.4 is 5.32 Å². The van der Waals surface area contributed by atoms with Gasteiger partial charge in [0.25, 0.3) is 0 Å². The second kappa shape index (κ2) is 3.22. The SMILES string of the molecule is OC1(CC(F)(F)F)CCCNC1. The molecule has 1 rings (SSSR count). The zero-order valence-electron chi connectivity index (χ0n) is 6.62. The molecule has 0 aromatic carbocycles. The van der Waals surface area contributed by atoms with Crippen molar-refractivity contribution >= 4 is 0 Å². The average molecular weight is 183 g/mol. The minimum atomic E-state index is -4.27. The first-order valence-corrected chi connectivity index (χ1v) is 3.91. The van der Waals surface area contributed by atoms with Gasteiger partial charge in [0.2, 0.25) is 0 Å². The highest BCUT2D eigenvalue weighted by atomic mass is 19.4. The highest BCUT2D eigenvalue weighted by Crippen LogP contribution is 2.31. The van der Waals surface area contributed by atoms with E-state index in [9.17, 15) is 18.3 Å². The lowest BCUT2D eigenvalue weighted by molar-refractivity contribution is -0.178. The van der Waals surface area contributed by atoms with E-state index in [4.69, 9.17) is 0 Å². The summed E-state index contributed by atoms with van der Waals surface area (Å²) < 4.78 is 35.7. The topological polar surface area (TPSA) is 32.3 Å². The van der Waals surface area contributed by atoms with E-state index in [1.54, 1.807) is 0 Å². The van der Waals surface area contributed by atoms with E-state index in [-0.39, 0.29) is 13.0 Å². The Bertz CT molecular complexity index is 151. The number of hydrogen-bond acceptors (Lipinski definition) is 2. The number of piperidine rings is 1. The molecule has 12 heavy (non-hydrogen) atoms. The van der Waals surface area contributed by atoms with Crippen LogP contribution in [0.25, 0.3) is 0 Å². The Morgan fingerprint density at radius 1 is 1.42 bits per heavy atom. The molecule has 1 heterocycles. The van der Waals surface area contributed by atoms with E-state index >= 15 is 0 Å². The third-order valence-electron chi connectivity index (χ3n) is 1.98. The Hall–Kier alpha value is -0.290. The molecule has 0 radical (unpaired) electrons. The van der Waals surface area contributed by atoms with E-state index in [1.807, 2.05) is 0 Å². The fourth-order valence-electron chi connectivity index (χ4n) is 1.48. The number of aliphatic hydroxyl groups is 1. The zero-order chi connectivity index (χ0) is 9.24. The molecule has 1 fully saturated rings. The van der Waals surface area contributed by atoms with Crippen LogP contribution in [0.3, 0.4) is 0 Å². The zero-order valence-corrected chi connectivity index (χ0v) is 6.62. The van der Waals surface area contributed by atoms with Crippen molar-refractivity contribution in [3.05, 3.63) is 0 Å². The van der Waals surface area contributed by atoms with Crippen LogP contribution in [0.15, 0.2) is 0 Å². The van der Waals surface area contributed by atoms with Gasteiger partial charge in [-0.2, -0.15) is 13.2 Å². The Balaban J connectivity index is 2.47. The molecule has 2 N–H and O–H groups in total. The van der Waals surface area contributed by atoms with E-state index in [2.05, 4.69) is 5.32 Å². The number of β-amino-alcohol motifs (C(OH)–C–C–N with tert-alkyl or cyclic N) is 1. The minimum Gasteiger partial charge on any atom is -0.388 e. The van der Waals surface area contributed by atoms with Crippen LogP contribution in [0.1, 0.15) is 19.3 Å². The van der Waals surface area contributed by atoms with Gasteiger partial charge in [-0.25, -0.2) is 0 Å². The number of alkyl halides is 3. The summed E-state index contributed by atoms with van der Waals surface area (Å²) in [5.41, 5.74) is -1.57. The molecule has 0 aromatic rings. The quantitative estimate of drug-likeness (QED) is 0.637. The number of hydrogen-bond donors (Lipinski definition) is 2. The van der Waals surface area contributed by atoms with Gasteiger partial charge in [-0.05, 0) is 19.4 Å². The molecule has 0 amide bonds. The van der Waals surface area contributed by atoms with Gasteiger partial charge in [-0.15, -0.1) is 0 Å². The summed E-state index contributed by atoms with van der Waals surface area (Å²) in [5, 5.41) is 12.2. The standard InChI is InChI=1S/C7H12F3NO/c8-7(9,10)4-6(12)2-1-3-11-5-6/h11-12H,1-5H2. The van der Waals surface area contributed by atoms with Gasteiger partial charge >= 0.3 is 6.18 Å². The first-order chi connectivity index (χ1) is 5.41. The highest BCUT2D eigenvalue weighted by Gasteiger charge is 2.41. The van der Waals surface area contributed by atoms with Crippen LogP contribution in [0.5, 0.6) is 0 Å². The van der Waals surface area contributed by atoms with Gasteiger partial charge in [0.1, 0.15) is 0 Å². The van der Waals surface area contributed by atoms with Crippen molar-refractivity contribution in [3.8, 4) is 0 Å². The molecule has 0 aliphatic carbocycles. The summed E-state index contributed by atoms with van der Waals surface area (Å²) in [7, 11) is 0. The minimum absolute atomic E-state index is 0.0481. The second-order valence-corrected chi connectivity index (χ2v) is 3.30. The van der Waals surface area contributed by atoms with Crippen molar-refractivity contribution in [2.24, 2.45) is 0 Å². The maximum Gasteiger partial charge on any atom is 0.391 e. The number of nitrogens with one attached hydrogen (secondary N) is 1. The van der Waals surface area contributed by atoms with Crippen molar-refractivity contribution < 1.29 is 18.3 Å². The van der Waals surface area contributed by atoms with Crippen LogP contribution in [0.2, 0.25) is 0 Å². The predicted octanol–water partition coefficient (Wildman–Crippen LogP) is 1.05. The maximum atomic E-state index is 11.9. The molecule has 0 spiro atoms. The monoisotopic (exact) mass is 183 g/mol. The van der Waals surface area contributed by atoms with E-state index in [0.29, 0.717) is 13.0 Å². The molecule has 5 heteroatoms. The first kappa shape index (κ1) is 9.80. The molecule has 72 valence electrons.